The highest BCUT2D eigenvalue weighted by atomic mass is 35.5. The van der Waals surface area contributed by atoms with E-state index >= 15 is 0 Å². The predicted octanol–water partition coefficient (Wildman–Crippen LogP) is 4.10. The van der Waals surface area contributed by atoms with Crippen molar-refractivity contribution >= 4 is 28.7 Å². The molecule has 3 aromatic heterocycles. The number of pyridine rings is 1. The van der Waals surface area contributed by atoms with Crippen molar-refractivity contribution < 1.29 is 13.9 Å². The minimum absolute atomic E-state index is 0.0463. The van der Waals surface area contributed by atoms with Crippen LogP contribution in [0, 0.1) is 17.1 Å². The van der Waals surface area contributed by atoms with Gasteiger partial charge in [0.2, 0.25) is 5.91 Å². The van der Waals surface area contributed by atoms with E-state index in [0.29, 0.717) is 16.8 Å². The van der Waals surface area contributed by atoms with Gasteiger partial charge in [-0.3, -0.25) is 9.48 Å². The molecular weight excluding hydrogens is 435 g/mol. The Morgan fingerprint density at radius 3 is 2.84 bits per heavy atom. The highest BCUT2D eigenvalue weighted by Gasteiger charge is 2.17. The number of anilines is 1. The van der Waals surface area contributed by atoms with Crippen molar-refractivity contribution in [3.05, 3.63) is 77.6 Å². The van der Waals surface area contributed by atoms with Crippen LogP contribution in [0.25, 0.3) is 16.6 Å². The largest absolute Gasteiger partial charge is 0.486 e. The number of hydrogen-bond donors (Lipinski definition) is 1. The van der Waals surface area contributed by atoms with Crippen molar-refractivity contribution in [2.45, 2.75) is 6.61 Å². The number of carbonyl (C=O) groups excluding carboxylic acids is 1. The third kappa shape index (κ3) is 3.91. The monoisotopic (exact) mass is 450 g/mol. The van der Waals surface area contributed by atoms with E-state index in [-0.39, 0.29) is 22.9 Å². The summed E-state index contributed by atoms with van der Waals surface area (Å²) in [6, 6.07) is 6.74. The Morgan fingerprint density at radius 2 is 2.16 bits per heavy atom. The third-order valence-electron chi connectivity index (χ3n) is 4.72. The summed E-state index contributed by atoms with van der Waals surface area (Å²) in [6.45, 7) is 3.17. The number of halogens is 2. The van der Waals surface area contributed by atoms with E-state index in [4.69, 9.17) is 16.3 Å². The second kappa shape index (κ2) is 8.53. The van der Waals surface area contributed by atoms with Gasteiger partial charge in [0.15, 0.2) is 5.82 Å². The molecule has 8 nitrogen and oxygen atoms in total. The molecule has 4 rings (SSSR count). The van der Waals surface area contributed by atoms with Crippen molar-refractivity contribution in [1.82, 2.24) is 19.4 Å². The lowest BCUT2D eigenvalue weighted by molar-refractivity contribution is -0.111. The highest BCUT2D eigenvalue weighted by molar-refractivity contribution is 6.33. The molecule has 0 aliphatic rings. The van der Waals surface area contributed by atoms with Crippen molar-refractivity contribution in [3.63, 3.8) is 0 Å². The summed E-state index contributed by atoms with van der Waals surface area (Å²) in [5.74, 6) is -0.972. The van der Waals surface area contributed by atoms with Crippen LogP contribution in [0.2, 0.25) is 5.02 Å². The molecule has 1 aromatic carbocycles. The molecule has 0 spiro atoms. The molecule has 0 unspecified atom stereocenters. The van der Waals surface area contributed by atoms with Gasteiger partial charge in [0.05, 0.1) is 23.1 Å². The van der Waals surface area contributed by atoms with Crippen molar-refractivity contribution in [2.75, 3.05) is 5.32 Å². The molecule has 32 heavy (non-hydrogen) atoms. The molecule has 0 bridgehead atoms. The summed E-state index contributed by atoms with van der Waals surface area (Å²) in [5.41, 5.74) is 2.35. The summed E-state index contributed by atoms with van der Waals surface area (Å²) in [6.07, 6.45) is 7.72. The number of benzene rings is 1. The van der Waals surface area contributed by atoms with Crippen LogP contribution in [0.3, 0.4) is 0 Å². The number of rotatable bonds is 6. The molecule has 0 saturated heterocycles. The zero-order valence-electron chi connectivity index (χ0n) is 16.8. The molecule has 0 aliphatic heterocycles. The highest BCUT2D eigenvalue weighted by Crippen LogP contribution is 2.32. The number of hydrogen-bond acceptors (Lipinski definition) is 5. The van der Waals surface area contributed by atoms with Gasteiger partial charge in [-0.05, 0) is 18.2 Å². The summed E-state index contributed by atoms with van der Waals surface area (Å²) in [4.78, 5) is 11.6. The zero-order valence-corrected chi connectivity index (χ0v) is 17.6. The smallest absolute Gasteiger partial charge is 0.247 e. The quantitative estimate of drug-likeness (QED) is 0.446. The Labute approximate surface area is 187 Å². The Bertz CT molecular complexity index is 1400. The number of aryl methyl sites for hydroxylation is 1. The lowest BCUT2D eigenvalue weighted by Gasteiger charge is -2.13. The number of ether oxygens (including phenoxy) is 1. The average Bonchev–Trinajstić information content (AvgIpc) is 3.41. The Hall–Kier alpha value is -4.16. The van der Waals surface area contributed by atoms with Gasteiger partial charge in [-0.15, -0.1) is 0 Å². The van der Waals surface area contributed by atoms with Crippen LogP contribution >= 0.6 is 11.6 Å². The molecule has 0 atom stereocenters. The van der Waals surface area contributed by atoms with Crippen LogP contribution in [0.1, 0.15) is 11.1 Å². The standard InChI is InChI=1S/C22H16ClFN6O2/c1-3-19(31)28-21-17(23)5-4-13(20(21)24)12-32-18-6-14(16-9-26-29(2)10-16)11-30-22(18)15(7-25)8-27-30/h3-6,8-11H,1,12H2,2H3,(H,28,31). The molecule has 10 heteroatoms. The second-order valence-electron chi connectivity index (χ2n) is 6.84. The van der Waals surface area contributed by atoms with Crippen molar-refractivity contribution in [3.8, 4) is 22.9 Å². The topological polar surface area (TPSA) is 97.2 Å². The Morgan fingerprint density at radius 1 is 1.34 bits per heavy atom. The maximum atomic E-state index is 15.0. The number of nitriles is 1. The fourth-order valence-electron chi connectivity index (χ4n) is 3.16. The minimum atomic E-state index is -0.721. The van der Waals surface area contributed by atoms with E-state index < -0.39 is 11.7 Å². The molecule has 160 valence electrons. The number of nitrogens with zero attached hydrogens (tertiary/aromatic N) is 5. The zero-order chi connectivity index (χ0) is 22.8. The number of aromatic nitrogens is 4. The van der Waals surface area contributed by atoms with E-state index in [2.05, 4.69) is 28.2 Å². The summed E-state index contributed by atoms with van der Waals surface area (Å²) in [5, 5.41) is 20.2. The first-order valence-electron chi connectivity index (χ1n) is 9.35. The third-order valence-corrected chi connectivity index (χ3v) is 5.04. The number of carbonyl (C=O) groups is 1. The summed E-state index contributed by atoms with van der Waals surface area (Å²) in [7, 11) is 1.80. The van der Waals surface area contributed by atoms with E-state index in [1.165, 1.54) is 22.8 Å². The molecule has 0 saturated carbocycles. The van der Waals surface area contributed by atoms with Gasteiger partial charge in [0, 0.05) is 36.1 Å². The van der Waals surface area contributed by atoms with Crippen LogP contribution in [-0.2, 0) is 18.4 Å². The summed E-state index contributed by atoms with van der Waals surface area (Å²) < 4.78 is 24.1. The lowest BCUT2D eigenvalue weighted by Crippen LogP contribution is -2.11. The molecule has 1 N–H and O–H groups in total. The fourth-order valence-corrected chi connectivity index (χ4v) is 3.35. The Kier molecular flexibility index (Phi) is 5.62. The van der Waals surface area contributed by atoms with Gasteiger partial charge < -0.3 is 10.1 Å². The van der Waals surface area contributed by atoms with Crippen LogP contribution < -0.4 is 10.1 Å². The van der Waals surface area contributed by atoms with Gasteiger partial charge in [0.25, 0.3) is 0 Å². The van der Waals surface area contributed by atoms with Crippen molar-refractivity contribution in [2.24, 2.45) is 7.05 Å². The van der Waals surface area contributed by atoms with Crippen LogP contribution in [-0.4, -0.2) is 25.3 Å². The van der Waals surface area contributed by atoms with E-state index in [9.17, 15) is 14.4 Å². The first-order chi connectivity index (χ1) is 15.4. The van der Waals surface area contributed by atoms with Gasteiger partial charge in [0.1, 0.15) is 29.5 Å². The first-order valence-corrected chi connectivity index (χ1v) is 9.72. The molecular formula is C22H16ClFN6O2. The maximum Gasteiger partial charge on any atom is 0.247 e. The van der Waals surface area contributed by atoms with Gasteiger partial charge in [-0.2, -0.15) is 15.5 Å². The summed E-state index contributed by atoms with van der Waals surface area (Å²) >= 11 is 6.03. The molecule has 1 amide bonds. The molecule has 0 radical (unpaired) electrons. The predicted molar refractivity (Wildman–Crippen MR) is 117 cm³/mol. The van der Waals surface area contributed by atoms with E-state index in [0.717, 1.165) is 17.2 Å². The molecule has 0 aliphatic carbocycles. The van der Waals surface area contributed by atoms with Gasteiger partial charge in [-0.25, -0.2) is 8.91 Å². The maximum absolute atomic E-state index is 15.0. The van der Waals surface area contributed by atoms with Crippen LogP contribution in [0.5, 0.6) is 5.75 Å². The van der Waals surface area contributed by atoms with E-state index in [1.54, 1.807) is 30.2 Å². The van der Waals surface area contributed by atoms with Crippen molar-refractivity contribution in [1.29, 1.82) is 5.26 Å². The number of amides is 1. The molecule has 4 aromatic rings. The van der Waals surface area contributed by atoms with Crippen LogP contribution in [0.4, 0.5) is 10.1 Å². The fraction of sp³-hybridized carbons (Fsp3) is 0.0909. The molecule has 3 heterocycles. The average molecular weight is 451 g/mol. The number of fused-ring (bicyclic) bond motifs is 1. The van der Waals surface area contributed by atoms with Gasteiger partial charge >= 0.3 is 0 Å². The van der Waals surface area contributed by atoms with Crippen LogP contribution in [0.15, 0.2) is 55.6 Å². The van der Waals surface area contributed by atoms with E-state index in [1.807, 2.05) is 6.20 Å². The minimum Gasteiger partial charge on any atom is -0.486 e. The first kappa shape index (κ1) is 21.1. The van der Waals surface area contributed by atoms with Gasteiger partial charge in [-0.1, -0.05) is 24.2 Å². The lowest BCUT2D eigenvalue weighted by atomic mass is 10.1. The Balaban J connectivity index is 1.72. The number of nitrogens with one attached hydrogen (secondary N) is 1. The normalized spacial score (nSPS) is 10.7. The SMILES string of the molecule is C=CC(=O)Nc1c(Cl)ccc(COc2cc(-c3cnn(C)c3)cn3ncc(C#N)c23)c1F. The second-order valence-corrected chi connectivity index (χ2v) is 7.24. The molecule has 0 fully saturated rings.